The number of carbonyl (C=O) groups is 3. The summed E-state index contributed by atoms with van der Waals surface area (Å²) >= 11 is 0. The summed E-state index contributed by atoms with van der Waals surface area (Å²) in [5.74, 6) is -2.88. The predicted molar refractivity (Wildman–Crippen MR) is 105 cm³/mol. The van der Waals surface area contributed by atoms with E-state index in [0.717, 1.165) is 0 Å². The Bertz CT molecular complexity index is 529. The Hall–Kier alpha value is -1.79. The lowest BCUT2D eigenvalue weighted by molar-refractivity contribution is -0.873. The molecule has 3 unspecified atom stereocenters. The molecule has 11 heteroatoms. The van der Waals surface area contributed by atoms with Crippen molar-refractivity contribution in [2.45, 2.75) is 38.1 Å². The molecule has 0 saturated carbocycles. The van der Waals surface area contributed by atoms with Gasteiger partial charge in [0.2, 0.25) is 0 Å². The molecule has 178 valence electrons. The fraction of sp³-hybridized carbons (Fsp3) is 0.842. The number of aliphatic carboxylic acids is 2. The number of rotatable bonds is 13. The summed E-state index contributed by atoms with van der Waals surface area (Å²) in [6.45, 7) is 2.55. The normalized spacial score (nSPS) is 14.7. The van der Waals surface area contributed by atoms with Crippen LogP contribution in [0.3, 0.4) is 0 Å². The first-order chi connectivity index (χ1) is 13.4. The van der Waals surface area contributed by atoms with Gasteiger partial charge in [-0.05, 0) is 6.92 Å². The number of likely N-dealkylation sites (N-methyl/N-ethyl adjacent to an activating group) is 2. The van der Waals surface area contributed by atoms with Crippen LogP contribution in [0.4, 0.5) is 0 Å². The number of aliphatic hydroxyl groups is 1. The van der Waals surface area contributed by atoms with Crippen molar-refractivity contribution in [2.24, 2.45) is 5.73 Å². The van der Waals surface area contributed by atoms with E-state index in [4.69, 9.17) is 20.3 Å². The zero-order valence-corrected chi connectivity index (χ0v) is 19.3. The van der Waals surface area contributed by atoms with Crippen molar-refractivity contribution in [3.63, 3.8) is 0 Å². The van der Waals surface area contributed by atoms with Crippen LogP contribution >= 0.6 is 0 Å². The molecule has 0 amide bonds. The van der Waals surface area contributed by atoms with Crippen molar-refractivity contribution in [1.82, 2.24) is 0 Å². The van der Waals surface area contributed by atoms with E-state index >= 15 is 0 Å². The van der Waals surface area contributed by atoms with Gasteiger partial charge in [0, 0.05) is 24.8 Å². The number of nitrogens with zero attached hydrogens (tertiary/aromatic N) is 2. The van der Waals surface area contributed by atoms with Crippen LogP contribution in [0.15, 0.2) is 0 Å². The van der Waals surface area contributed by atoms with Gasteiger partial charge in [0.1, 0.15) is 31.4 Å². The van der Waals surface area contributed by atoms with Crippen molar-refractivity contribution in [1.29, 1.82) is 0 Å². The van der Waals surface area contributed by atoms with Crippen LogP contribution in [0, 0.1) is 0 Å². The molecule has 0 aromatic rings. The largest absolute Gasteiger partial charge is 0.550 e. The summed E-state index contributed by atoms with van der Waals surface area (Å²) < 4.78 is 11.5. The molecule has 3 N–H and O–H groups in total. The second kappa shape index (κ2) is 14.3. The van der Waals surface area contributed by atoms with E-state index in [0.29, 0.717) is 22.1 Å². The minimum absolute atomic E-state index is 0.129. The lowest BCUT2D eigenvalue weighted by atomic mass is 10.2. The molecule has 0 bridgehead atoms. The van der Waals surface area contributed by atoms with Gasteiger partial charge in [-0.25, -0.2) is 0 Å². The zero-order valence-electron chi connectivity index (χ0n) is 19.3. The first-order valence-electron chi connectivity index (χ1n) is 9.65. The number of hydrogen-bond donors (Lipinski definition) is 2. The summed E-state index contributed by atoms with van der Waals surface area (Å²) in [5, 5.41) is 29.8. The monoisotopic (exact) mass is 437 g/mol. The maximum absolute atomic E-state index is 11.0. The maximum Gasteiger partial charge on any atom is 0.320 e. The first-order valence-corrected chi connectivity index (χ1v) is 9.65. The molecule has 0 rings (SSSR count). The van der Waals surface area contributed by atoms with Gasteiger partial charge in [0.05, 0.1) is 55.4 Å². The molecule has 30 heavy (non-hydrogen) atoms. The Morgan fingerprint density at radius 1 is 0.933 bits per heavy atom. The Balaban J connectivity index is 0. The minimum atomic E-state index is -1.20. The number of hydrogen-bond acceptors (Lipinski definition) is 9. The number of esters is 1. The Kier molecular flexibility index (Phi) is 14.4. The van der Waals surface area contributed by atoms with Gasteiger partial charge < -0.3 is 49.1 Å². The number of ether oxygens (including phenoxy) is 2. The summed E-state index contributed by atoms with van der Waals surface area (Å²) in [6.07, 6.45) is -2.22. The standard InChI is InChI=1S/C12H24N2O5.C7H15NO3/c1-9(19-12(17)6-13)8-18-10(5-11(15)16)7-14(2,3)4;1-8(2,3)5-6(9)4-7(10)11/h9-10H,5-8,13H2,1-4H3;6,9H,4-5H2,1-3H3. The van der Waals surface area contributed by atoms with Gasteiger partial charge in [0.15, 0.2) is 0 Å². The third kappa shape index (κ3) is 22.5. The zero-order chi connectivity index (χ0) is 24.1. The van der Waals surface area contributed by atoms with Crippen LogP contribution in [-0.2, 0) is 23.9 Å². The van der Waals surface area contributed by atoms with E-state index in [1.54, 1.807) is 6.92 Å². The second-order valence-electron chi connectivity index (χ2n) is 9.21. The number of carbonyl (C=O) groups excluding carboxylic acids is 3. The molecular formula is C19H39N3O8. The van der Waals surface area contributed by atoms with Crippen LogP contribution in [0.5, 0.6) is 0 Å². The van der Waals surface area contributed by atoms with Crippen molar-refractivity contribution >= 4 is 17.9 Å². The van der Waals surface area contributed by atoms with Crippen LogP contribution in [0.1, 0.15) is 19.8 Å². The summed E-state index contributed by atoms with van der Waals surface area (Å²) in [4.78, 5) is 31.6. The highest BCUT2D eigenvalue weighted by atomic mass is 16.6. The Morgan fingerprint density at radius 3 is 1.77 bits per heavy atom. The van der Waals surface area contributed by atoms with Crippen LogP contribution in [-0.4, -0.2) is 119 Å². The number of aliphatic hydroxyl groups excluding tert-OH is 1. The van der Waals surface area contributed by atoms with Crippen molar-refractivity contribution in [3.05, 3.63) is 0 Å². The number of carboxylic acid groups (broad SMARTS) is 2. The lowest BCUT2D eigenvalue weighted by Gasteiger charge is -2.30. The Labute approximate surface area is 179 Å². The van der Waals surface area contributed by atoms with Crippen LogP contribution < -0.4 is 15.9 Å². The van der Waals surface area contributed by atoms with Gasteiger partial charge in [0.25, 0.3) is 0 Å². The average molecular weight is 438 g/mol. The van der Waals surface area contributed by atoms with E-state index < -0.39 is 36.2 Å². The maximum atomic E-state index is 11.0. The minimum Gasteiger partial charge on any atom is -0.550 e. The van der Waals surface area contributed by atoms with E-state index in [2.05, 4.69) is 0 Å². The summed E-state index contributed by atoms with van der Waals surface area (Å²) in [5.41, 5.74) is 5.12. The van der Waals surface area contributed by atoms with E-state index in [1.165, 1.54) is 0 Å². The van der Waals surface area contributed by atoms with E-state index in [9.17, 15) is 24.6 Å². The fourth-order valence-electron chi connectivity index (χ4n) is 2.44. The van der Waals surface area contributed by atoms with Gasteiger partial charge >= 0.3 is 5.97 Å². The van der Waals surface area contributed by atoms with Gasteiger partial charge in [-0.1, -0.05) is 0 Å². The third-order valence-corrected chi connectivity index (χ3v) is 3.37. The average Bonchev–Trinajstić information content (AvgIpc) is 2.48. The molecule has 0 aliphatic rings. The van der Waals surface area contributed by atoms with E-state index in [-0.39, 0.29) is 26.0 Å². The molecular weight excluding hydrogens is 398 g/mol. The number of carboxylic acids is 2. The molecule has 0 aliphatic heterocycles. The summed E-state index contributed by atoms with van der Waals surface area (Å²) in [7, 11) is 11.5. The number of nitrogens with two attached hydrogens (primary N) is 1. The smallest absolute Gasteiger partial charge is 0.320 e. The van der Waals surface area contributed by atoms with Gasteiger partial charge in [-0.2, -0.15) is 0 Å². The molecule has 0 fully saturated rings. The topological polar surface area (TPSA) is 162 Å². The fourth-order valence-corrected chi connectivity index (χ4v) is 2.44. The number of quaternary nitrogens is 2. The van der Waals surface area contributed by atoms with Crippen molar-refractivity contribution in [3.8, 4) is 0 Å². The molecule has 11 nitrogen and oxygen atoms in total. The molecule has 0 saturated heterocycles. The quantitative estimate of drug-likeness (QED) is 0.218. The molecule has 3 atom stereocenters. The first kappa shape index (κ1) is 30.4. The van der Waals surface area contributed by atoms with Crippen LogP contribution in [0.25, 0.3) is 0 Å². The molecule has 0 aromatic carbocycles. The molecule has 0 aromatic heterocycles. The molecule has 0 aliphatic carbocycles. The highest BCUT2D eigenvalue weighted by Crippen LogP contribution is 2.06. The highest BCUT2D eigenvalue weighted by molar-refractivity contribution is 5.71. The molecule has 0 radical (unpaired) electrons. The Morgan fingerprint density at radius 2 is 1.40 bits per heavy atom. The highest BCUT2D eigenvalue weighted by Gasteiger charge is 2.20. The second-order valence-corrected chi connectivity index (χ2v) is 9.21. The predicted octanol–water partition coefficient (Wildman–Crippen LogP) is -3.70. The molecule has 0 heterocycles. The SMILES string of the molecule is CC(COC(CC(=O)[O-])C[N+](C)(C)C)OC(=O)CN.C[N+](C)(C)CC(O)CC(=O)[O-]. The molecule has 0 spiro atoms. The summed E-state index contributed by atoms with van der Waals surface area (Å²) in [6, 6.07) is 0. The van der Waals surface area contributed by atoms with E-state index in [1.807, 2.05) is 42.3 Å². The van der Waals surface area contributed by atoms with Crippen LogP contribution in [0.2, 0.25) is 0 Å². The van der Waals surface area contributed by atoms with Gasteiger partial charge in [-0.15, -0.1) is 0 Å². The lowest BCUT2D eigenvalue weighted by Crippen LogP contribution is -2.45. The van der Waals surface area contributed by atoms with Crippen molar-refractivity contribution in [2.75, 3.05) is 68.5 Å². The van der Waals surface area contributed by atoms with Gasteiger partial charge in [-0.3, -0.25) is 4.79 Å². The van der Waals surface area contributed by atoms with Crippen molar-refractivity contribution < 1.29 is 48.1 Å². The third-order valence-electron chi connectivity index (χ3n) is 3.37.